The normalized spacial score (nSPS) is 25.9. The van der Waals surface area contributed by atoms with Gasteiger partial charge in [-0.15, -0.1) is 0 Å². The van der Waals surface area contributed by atoms with Crippen LogP contribution in [0.4, 0.5) is 11.4 Å². The summed E-state index contributed by atoms with van der Waals surface area (Å²) in [6.07, 6.45) is 1.26. The zero-order valence-corrected chi connectivity index (χ0v) is 47.0. The van der Waals surface area contributed by atoms with Crippen LogP contribution in [0.2, 0.25) is 0 Å². The first-order valence-electron chi connectivity index (χ1n) is 27.5. The van der Waals surface area contributed by atoms with Crippen molar-refractivity contribution < 1.29 is 56.1 Å². The zero-order valence-electron chi connectivity index (χ0n) is 47.0. The van der Waals surface area contributed by atoms with Gasteiger partial charge in [-0.1, -0.05) is 116 Å². The monoisotopic (exact) mass is 1110 g/mol. The third-order valence-corrected chi connectivity index (χ3v) is 16.7. The van der Waals surface area contributed by atoms with Gasteiger partial charge in [0.05, 0.1) is 14.2 Å². The Morgan fingerprint density at radius 3 is 1.62 bits per heavy atom. The number of carbonyl (C=O) groups is 4. The van der Waals surface area contributed by atoms with Crippen molar-refractivity contribution in [3.05, 3.63) is 159 Å². The minimum atomic E-state index is -0.961. The Balaban J connectivity index is 0.000000154. The van der Waals surface area contributed by atoms with Gasteiger partial charge < -0.3 is 58.2 Å². The molecular formula is C62H62N8O12. The molecule has 422 valence electrons. The smallest absolute Gasteiger partial charge is 0.360 e. The third kappa shape index (κ3) is 7.98. The number of anilines is 2. The largest absolute Gasteiger partial charge is 0.473 e. The highest BCUT2D eigenvalue weighted by Crippen LogP contribution is 2.61. The topological polar surface area (TPSA) is 253 Å². The number of nitrogens with zero attached hydrogens (tertiary/aromatic N) is 4. The van der Waals surface area contributed by atoms with Gasteiger partial charge in [-0.25, -0.2) is 29.5 Å². The van der Waals surface area contributed by atoms with Gasteiger partial charge in [0.25, 0.3) is 0 Å². The second kappa shape index (κ2) is 18.8. The SMILES string of the molecule is COC(=O)C1COC(c2nc3oc2[C@@]24c5ccccc5N[C@@H]2Oc2ccc(cc24)C[C@H](C)C(=O)N[C@H]3C(C)(C)C)=N1.COC(=O)c1coc(-c2nc3oc2[C@@]24c5ccccc5N[C@@H]2Oc2ccc(cc24)C[C@H](C)C(=O)N[C@H]3C(C)(C)C)n1. The third-order valence-electron chi connectivity index (χ3n) is 16.7. The first-order valence-corrected chi connectivity index (χ1v) is 27.5. The lowest BCUT2D eigenvalue weighted by atomic mass is 9.72. The zero-order chi connectivity index (χ0) is 57.4. The number of para-hydroxylation sites is 2. The molecule has 0 aliphatic carbocycles. The maximum atomic E-state index is 13.5. The maximum absolute atomic E-state index is 13.5. The van der Waals surface area contributed by atoms with Crippen LogP contribution in [0.1, 0.15) is 140 Å². The Morgan fingerprint density at radius 1 is 0.622 bits per heavy atom. The van der Waals surface area contributed by atoms with Gasteiger partial charge in [-0.05, 0) is 70.2 Å². The highest BCUT2D eigenvalue weighted by Gasteiger charge is 2.63. The molecule has 9 atom stereocenters. The molecule has 7 aliphatic heterocycles. The molecular weight excluding hydrogens is 1050 g/mol. The van der Waals surface area contributed by atoms with Crippen molar-refractivity contribution in [2.24, 2.45) is 27.7 Å². The predicted molar refractivity (Wildman–Crippen MR) is 296 cm³/mol. The van der Waals surface area contributed by atoms with Crippen molar-refractivity contribution >= 4 is 41.0 Å². The number of aromatic nitrogens is 3. The Hall–Kier alpha value is -8.94. The number of rotatable bonds is 4. The molecule has 2 amide bonds. The van der Waals surface area contributed by atoms with E-state index in [9.17, 15) is 19.2 Å². The van der Waals surface area contributed by atoms with Crippen molar-refractivity contribution in [3.63, 3.8) is 0 Å². The van der Waals surface area contributed by atoms with Crippen molar-refractivity contribution in [2.45, 2.75) is 110 Å². The molecule has 0 saturated heterocycles. The number of ether oxygens (including phenoxy) is 5. The van der Waals surface area contributed by atoms with E-state index in [1.807, 2.05) is 122 Å². The van der Waals surface area contributed by atoms with Gasteiger partial charge >= 0.3 is 11.9 Å². The summed E-state index contributed by atoms with van der Waals surface area (Å²) in [7, 11) is 2.61. The first kappa shape index (κ1) is 52.4. The van der Waals surface area contributed by atoms with E-state index in [2.05, 4.69) is 49.4 Å². The quantitative estimate of drug-likeness (QED) is 0.120. The molecule has 20 nitrogen and oxygen atoms in total. The molecule has 4 N–H and O–H groups in total. The summed E-state index contributed by atoms with van der Waals surface area (Å²) in [6, 6.07) is 26.2. The van der Waals surface area contributed by atoms with E-state index in [4.69, 9.17) is 46.9 Å². The highest BCUT2D eigenvalue weighted by molar-refractivity contribution is 5.98. The van der Waals surface area contributed by atoms with Crippen molar-refractivity contribution in [1.29, 1.82) is 0 Å². The van der Waals surface area contributed by atoms with E-state index < -0.39 is 64.2 Å². The van der Waals surface area contributed by atoms with Crippen molar-refractivity contribution in [3.8, 4) is 23.1 Å². The molecule has 82 heavy (non-hydrogen) atoms. The first-order chi connectivity index (χ1) is 39.2. The predicted octanol–water partition coefficient (Wildman–Crippen LogP) is 8.86. The Morgan fingerprint density at radius 2 is 1.12 bits per heavy atom. The Bertz CT molecular complexity index is 3830. The lowest BCUT2D eigenvalue weighted by molar-refractivity contribution is -0.142. The summed E-state index contributed by atoms with van der Waals surface area (Å²) in [4.78, 5) is 70.5. The van der Waals surface area contributed by atoms with Crippen LogP contribution in [0.15, 0.2) is 109 Å². The summed E-state index contributed by atoms with van der Waals surface area (Å²) >= 11 is 0. The Labute approximate surface area is 472 Å². The molecule has 2 spiro atoms. The number of carbonyl (C=O) groups excluding carboxylic acids is 4. The molecule has 0 fully saturated rings. The lowest BCUT2D eigenvalue weighted by Crippen LogP contribution is -2.41. The fraction of sp³-hybridized carbons (Fsp3) is 0.387. The molecule has 0 radical (unpaired) electrons. The number of hydrogen-bond acceptors (Lipinski definition) is 18. The molecule has 1 unspecified atom stereocenters. The van der Waals surface area contributed by atoms with Crippen LogP contribution in [0, 0.1) is 22.7 Å². The summed E-state index contributed by atoms with van der Waals surface area (Å²) in [6.45, 7) is 16.0. The van der Waals surface area contributed by atoms with Crippen LogP contribution >= 0.6 is 0 Å². The summed E-state index contributed by atoms with van der Waals surface area (Å²) in [5.74, 6) is 1.35. The number of fused-ring (bicyclic) bond motifs is 8. The van der Waals surface area contributed by atoms with Crippen LogP contribution in [0.5, 0.6) is 11.5 Å². The molecule has 3 aromatic heterocycles. The second-order valence-corrected chi connectivity index (χ2v) is 24.3. The van der Waals surface area contributed by atoms with Gasteiger partial charge in [0.15, 0.2) is 47.1 Å². The number of hydrogen-bond donors (Lipinski definition) is 4. The van der Waals surface area contributed by atoms with Gasteiger partial charge in [-0.3, -0.25) is 9.59 Å². The van der Waals surface area contributed by atoms with Crippen LogP contribution in [-0.4, -0.2) is 83.9 Å². The van der Waals surface area contributed by atoms with Gasteiger partial charge in [0.2, 0.25) is 35.4 Å². The van der Waals surface area contributed by atoms with Crippen LogP contribution < -0.4 is 30.7 Å². The van der Waals surface area contributed by atoms with E-state index in [1.165, 1.54) is 20.5 Å². The summed E-state index contributed by atoms with van der Waals surface area (Å²) in [5.41, 5.74) is 5.43. The average molecular weight is 1110 g/mol. The molecule has 10 heterocycles. The molecule has 7 aromatic rings. The van der Waals surface area contributed by atoms with Crippen LogP contribution in [-0.2, 0) is 52.3 Å². The van der Waals surface area contributed by atoms with E-state index in [0.717, 1.165) is 44.8 Å². The maximum Gasteiger partial charge on any atom is 0.360 e. The summed E-state index contributed by atoms with van der Waals surface area (Å²) < 4.78 is 48.3. The van der Waals surface area contributed by atoms with Crippen LogP contribution in [0.3, 0.4) is 0 Å². The van der Waals surface area contributed by atoms with Crippen molar-refractivity contribution in [2.75, 3.05) is 31.5 Å². The van der Waals surface area contributed by atoms with E-state index in [0.29, 0.717) is 59.0 Å². The average Bonchev–Trinajstić information content (AvgIpc) is 1.63. The van der Waals surface area contributed by atoms with E-state index in [-0.39, 0.29) is 47.7 Å². The standard InChI is InChI=1S/C31H32N4O6.C31H30N4O6/c2*1-15-12-16-10-11-21-18(13-16)31(17-8-6-7-9-19(17)33-29(31)40-21)24-22(26-32-20(14-39-26)28(37)38-5)34-27(41-24)23(30(2,3)4)35-25(15)36/h6-11,13,15,20,23,29,33H,12,14H2,1-5H3,(H,35,36);6-11,13-15,23,29,33H,12H2,1-5H3,(H,35,36)/t15-,20?,23+,29+,31-;15-,23+,29+,31-/m00/s1. The molecule has 8 bridgehead atoms. The molecule has 0 saturated carbocycles. The lowest BCUT2D eigenvalue weighted by Gasteiger charge is -2.31. The number of aliphatic imine (C=N–C) groups is 1. The number of amides is 2. The minimum Gasteiger partial charge on any atom is -0.473 e. The number of methoxy groups -OCH3 is 2. The van der Waals surface area contributed by atoms with Crippen LogP contribution in [0.25, 0.3) is 11.6 Å². The molecule has 20 heteroatoms. The number of esters is 2. The fourth-order valence-corrected chi connectivity index (χ4v) is 12.6. The fourth-order valence-electron chi connectivity index (χ4n) is 12.6. The van der Waals surface area contributed by atoms with E-state index >= 15 is 0 Å². The van der Waals surface area contributed by atoms with Gasteiger partial charge in [-0.2, -0.15) is 0 Å². The number of nitrogens with one attached hydrogen (secondary N) is 4. The number of benzene rings is 4. The Kier molecular flexibility index (Phi) is 12.0. The molecule has 14 rings (SSSR count). The second-order valence-electron chi connectivity index (χ2n) is 24.3. The molecule has 4 aromatic carbocycles. The van der Waals surface area contributed by atoms with E-state index in [1.54, 1.807) is 0 Å². The van der Waals surface area contributed by atoms with Gasteiger partial charge in [0, 0.05) is 34.3 Å². The number of oxazole rings is 3. The highest BCUT2D eigenvalue weighted by atomic mass is 16.5. The summed E-state index contributed by atoms with van der Waals surface area (Å²) in [5, 5.41) is 13.5. The van der Waals surface area contributed by atoms with Crippen molar-refractivity contribution in [1.82, 2.24) is 25.6 Å². The van der Waals surface area contributed by atoms with Gasteiger partial charge in [0.1, 0.15) is 47.3 Å². The molecule has 7 aliphatic rings. The minimum absolute atomic E-state index is 0.00905.